The van der Waals surface area contributed by atoms with Crippen LogP contribution in [-0.4, -0.2) is 26.5 Å². The summed E-state index contributed by atoms with van der Waals surface area (Å²) in [5.41, 5.74) is 3.91. The predicted octanol–water partition coefficient (Wildman–Crippen LogP) is 4.05. The fraction of sp³-hybridized carbons (Fsp3) is 0.368. The second-order valence-corrected chi connectivity index (χ2v) is 6.42. The molecule has 0 bridgehead atoms. The number of nitrogens with one attached hydrogen (secondary N) is 1. The first kappa shape index (κ1) is 16.2. The monoisotopic (exact) mass is 329 g/mol. The highest BCUT2D eigenvalue weighted by Gasteiger charge is 2.23. The summed E-state index contributed by atoms with van der Waals surface area (Å²) in [6, 6.07) is 13.3. The number of methoxy groups -OCH3 is 1. The highest BCUT2D eigenvalue weighted by Crippen LogP contribution is 2.37. The van der Waals surface area contributed by atoms with Gasteiger partial charge in [0, 0.05) is 11.4 Å². The van der Waals surface area contributed by atoms with E-state index in [0.29, 0.717) is 6.61 Å². The molecule has 2 aromatic carbocycles. The quantitative estimate of drug-likeness (QED) is 0.838. The van der Waals surface area contributed by atoms with Gasteiger partial charge in [0.25, 0.3) is 0 Å². The maximum Gasteiger partial charge on any atom is 0.161 e. The molecule has 0 spiro atoms. The van der Waals surface area contributed by atoms with E-state index in [1.807, 2.05) is 6.92 Å². The van der Waals surface area contributed by atoms with E-state index in [0.717, 1.165) is 24.5 Å². The standard InChI is InChI=1S/C19H23NO2S/c1-4-22-18-12-16-14(11-17(18)21-2)9-10-20-19(16)13-5-7-15(23-3)8-6-13/h5-8,11-12,19-20H,4,9-10H2,1-3H3. The molecule has 0 aliphatic carbocycles. The van der Waals surface area contributed by atoms with Gasteiger partial charge in [-0.05, 0) is 60.6 Å². The van der Waals surface area contributed by atoms with Crippen LogP contribution in [0.2, 0.25) is 0 Å². The Morgan fingerprint density at radius 1 is 1.17 bits per heavy atom. The van der Waals surface area contributed by atoms with E-state index in [4.69, 9.17) is 9.47 Å². The average molecular weight is 329 g/mol. The van der Waals surface area contributed by atoms with Gasteiger partial charge in [-0.25, -0.2) is 0 Å². The van der Waals surface area contributed by atoms with Crippen molar-refractivity contribution in [1.29, 1.82) is 0 Å². The Balaban J connectivity index is 2.01. The number of hydrogen-bond acceptors (Lipinski definition) is 4. The lowest BCUT2D eigenvalue weighted by Crippen LogP contribution is -2.30. The molecule has 0 fully saturated rings. The minimum Gasteiger partial charge on any atom is -0.493 e. The van der Waals surface area contributed by atoms with Crippen molar-refractivity contribution in [2.45, 2.75) is 24.3 Å². The molecule has 0 aromatic heterocycles. The van der Waals surface area contributed by atoms with Gasteiger partial charge in [-0.15, -0.1) is 11.8 Å². The second kappa shape index (κ2) is 7.28. The van der Waals surface area contributed by atoms with Crippen molar-refractivity contribution in [1.82, 2.24) is 5.32 Å². The Kier molecular flexibility index (Phi) is 5.13. The summed E-state index contributed by atoms with van der Waals surface area (Å²) >= 11 is 1.77. The zero-order valence-corrected chi connectivity index (χ0v) is 14.7. The molecule has 122 valence electrons. The first-order chi connectivity index (χ1) is 11.3. The van der Waals surface area contributed by atoms with Crippen molar-refractivity contribution in [3.8, 4) is 11.5 Å². The maximum atomic E-state index is 5.76. The molecule has 0 saturated heterocycles. The van der Waals surface area contributed by atoms with Crippen LogP contribution in [0.15, 0.2) is 41.3 Å². The largest absolute Gasteiger partial charge is 0.493 e. The Morgan fingerprint density at radius 2 is 1.96 bits per heavy atom. The molecule has 23 heavy (non-hydrogen) atoms. The molecule has 1 unspecified atom stereocenters. The zero-order chi connectivity index (χ0) is 16.2. The minimum absolute atomic E-state index is 0.208. The molecule has 3 nitrogen and oxygen atoms in total. The van der Waals surface area contributed by atoms with Crippen molar-refractivity contribution < 1.29 is 9.47 Å². The highest BCUT2D eigenvalue weighted by molar-refractivity contribution is 7.98. The number of benzene rings is 2. The van der Waals surface area contributed by atoms with E-state index >= 15 is 0 Å². The van der Waals surface area contributed by atoms with Crippen molar-refractivity contribution in [2.24, 2.45) is 0 Å². The average Bonchev–Trinajstić information content (AvgIpc) is 2.61. The molecule has 0 amide bonds. The van der Waals surface area contributed by atoms with Crippen molar-refractivity contribution in [3.63, 3.8) is 0 Å². The van der Waals surface area contributed by atoms with Crippen LogP contribution < -0.4 is 14.8 Å². The predicted molar refractivity (Wildman–Crippen MR) is 95.9 cm³/mol. The van der Waals surface area contributed by atoms with Gasteiger partial charge in [0.15, 0.2) is 11.5 Å². The lowest BCUT2D eigenvalue weighted by molar-refractivity contribution is 0.309. The van der Waals surface area contributed by atoms with Crippen LogP contribution in [0.5, 0.6) is 11.5 Å². The maximum absolute atomic E-state index is 5.76. The molecular weight excluding hydrogens is 306 g/mol. The third-order valence-electron chi connectivity index (χ3n) is 4.23. The summed E-state index contributed by atoms with van der Waals surface area (Å²) in [6.45, 7) is 3.60. The second-order valence-electron chi connectivity index (χ2n) is 5.55. The number of rotatable bonds is 5. The van der Waals surface area contributed by atoms with Crippen molar-refractivity contribution in [3.05, 3.63) is 53.1 Å². The summed E-state index contributed by atoms with van der Waals surface area (Å²) < 4.78 is 11.2. The number of fused-ring (bicyclic) bond motifs is 1. The Hall–Kier alpha value is -1.65. The van der Waals surface area contributed by atoms with Crippen LogP contribution in [0.3, 0.4) is 0 Å². The SMILES string of the molecule is CCOc1cc2c(cc1OC)CCNC2c1ccc(SC)cc1. The Morgan fingerprint density at radius 3 is 2.61 bits per heavy atom. The summed E-state index contributed by atoms with van der Waals surface area (Å²) in [5.74, 6) is 1.65. The Labute approximate surface area is 142 Å². The van der Waals surface area contributed by atoms with Gasteiger partial charge < -0.3 is 14.8 Å². The van der Waals surface area contributed by atoms with E-state index in [1.54, 1.807) is 18.9 Å². The number of ether oxygens (including phenoxy) is 2. The van der Waals surface area contributed by atoms with Crippen LogP contribution in [0.4, 0.5) is 0 Å². The van der Waals surface area contributed by atoms with Crippen molar-refractivity contribution >= 4 is 11.8 Å². The molecule has 1 aliphatic heterocycles. The van der Waals surface area contributed by atoms with E-state index in [9.17, 15) is 0 Å². The number of thioether (sulfide) groups is 1. The summed E-state index contributed by atoms with van der Waals surface area (Å²) in [6.07, 6.45) is 3.11. The molecule has 1 heterocycles. The van der Waals surface area contributed by atoms with Gasteiger partial charge in [0.2, 0.25) is 0 Å². The molecule has 0 saturated carbocycles. The number of hydrogen-bond donors (Lipinski definition) is 1. The van der Waals surface area contributed by atoms with Gasteiger partial charge in [-0.3, -0.25) is 0 Å². The molecule has 1 aliphatic rings. The third-order valence-corrected chi connectivity index (χ3v) is 4.97. The molecule has 3 rings (SSSR count). The zero-order valence-electron chi connectivity index (χ0n) is 13.9. The lowest BCUT2D eigenvalue weighted by atomic mass is 9.89. The third kappa shape index (κ3) is 3.33. The van der Waals surface area contributed by atoms with E-state index in [-0.39, 0.29) is 6.04 Å². The normalized spacial score (nSPS) is 16.7. The summed E-state index contributed by atoms with van der Waals surface area (Å²) in [4.78, 5) is 1.29. The van der Waals surface area contributed by atoms with Gasteiger partial charge in [0.1, 0.15) is 0 Å². The minimum atomic E-state index is 0.208. The Bertz CT molecular complexity index is 670. The summed E-state index contributed by atoms with van der Waals surface area (Å²) in [7, 11) is 1.70. The van der Waals surface area contributed by atoms with E-state index in [1.165, 1.54) is 21.6 Å². The molecule has 4 heteroatoms. The highest BCUT2D eigenvalue weighted by atomic mass is 32.2. The van der Waals surface area contributed by atoms with Gasteiger partial charge in [-0.1, -0.05) is 12.1 Å². The first-order valence-electron chi connectivity index (χ1n) is 7.97. The van der Waals surface area contributed by atoms with Gasteiger partial charge in [-0.2, -0.15) is 0 Å². The van der Waals surface area contributed by atoms with Crippen LogP contribution >= 0.6 is 11.8 Å². The molecule has 0 radical (unpaired) electrons. The molecule has 2 aromatic rings. The fourth-order valence-corrected chi connectivity index (χ4v) is 3.49. The summed E-state index contributed by atoms with van der Waals surface area (Å²) in [5, 5.41) is 3.63. The first-order valence-corrected chi connectivity index (χ1v) is 9.20. The topological polar surface area (TPSA) is 30.5 Å². The smallest absolute Gasteiger partial charge is 0.161 e. The van der Waals surface area contributed by atoms with Gasteiger partial charge in [0.05, 0.1) is 19.8 Å². The van der Waals surface area contributed by atoms with Crippen LogP contribution in [0.1, 0.15) is 29.7 Å². The fourth-order valence-electron chi connectivity index (χ4n) is 3.09. The van der Waals surface area contributed by atoms with Crippen LogP contribution in [0.25, 0.3) is 0 Å². The van der Waals surface area contributed by atoms with Gasteiger partial charge >= 0.3 is 0 Å². The molecule has 1 atom stereocenters. The van der Waals surface area contributed by atoms with E-state index in [2.05, 4.69) is 48.0 Å². The van der Waals surface area contributed by atoms with Crippen molar-refractivity contribution in [2.75, 3.05) is 26.5 Å². The van der Waals surface area contributed by atoms with Crippen LogP contribution in [-0.2, 0) is 6.42 Å². The van der Waals surface area contributed by atoms with E-state index < -0.39 is 0 Å². The lowest BCUT2D eigenvalue weighted by Gasteiger charge is -2.28. The molecular formula is C19H23NO2S. The molecule has 1 N–H and O–H groups in total. The van der Waals surface area contributed by atoms with Crippen LogP contribution in [0, 0.1) is 0 Å².